The Bertz CT molecular complexity index is 1110. The van der Waals surface area contributed by atoms with Gasteiger partial charge in [-0.25, -0.2) is 9.67 Å². The van der Waals surface area contributed by atoms with E-state index >= 15 is 0 Å². The van der Waals surface area contributed by atoms with Crippen LogP contribution >= 0.6 is 0 Å². The number of nitrogens with zero attached hydrogens (tertiary/aromatic N) is 6. The number of hydrogen-bond acceptors (Lipinski definition) is 6. The second-order valence-electron chi connectivity index (χ2n) is 6.63. The number of aryl methyl sites for hydroxylation is 1. The normalized spacial score (nSPS) is 13.2. The van der Waals surface area contributed by atoms with Gasteiger partial charge in [-0.2, -0.15) is 10.2 Å². The fourth-order valence-electron chi connectivity index (χ4n) is 3.62. The van der Waals surface area contributed by atoms with Crippen LogP contribution in [0.25, 0.3) is 16.6 Å². The summed E-state index contributed by atoms with van der Waals surface area (Å²) in [5, 5.41) is 22.1. The van der Waals surface area contributed by atoms with E-state index in [4.69, 9.17) is 5.11 Å². The molecule has 0 saturated heterocycles. The topological polar surface area (TPSA) is 93.7 Å². The van der Waals surface area contributed by atoms with Crippen LogP contribution < -0.4 is 5.32 Å². The van der Waals surface area contributed by atoms with Crippen LogP contribution in [0.2, 0.25) is 0 Å². The third-order valence-corrected chi connectivity index (χ3v) is 4.88. The number of pyridine rings is 2. The molecule has 4 heterocycles. The number of hydrogen-bond donors (Lipinski definition) is 2. The second kappa shape index (κ2) is 6.48. The Labute approximate surface area is 155 Å². The fourth-order valence-corrected chi connectivity index (χ4v) is 3.62. The van der Waals surface area contributed by atoms with Gasteiger partial charge in [0.2, 0.25) is 0 Å². The molecule has 1 aliphatic carbocycles. The van der Waals surface area contributed by atoms with Crippen molar-refractivity contribution in [3.63, 3.8) is 0 Å². The van der Waals surface area contributed by atoms with Crippen molar-refractivity contribution in [1.82, 2.24) is 29.5 Å². The molecule has 0 unspecified atom stereocenters. The van der Waals surface area contributed by atoms with Gasteiger partial charge in [-0.1, -0.05) is 0 Å². The van der Waals surface area contributed by atoms with E-state index in [1.807, 2.05) is 41.6 Å². The van der Waals surface area contributed by atoms with Gasteiger partial charge < -0.3 is 10.4 Å². The first-order valence-corrected chi connectivity index (χ1v) is 9.03. The molecule has 27 heavy (non-hydrogen) atoms. The number of fused-ring (bicyclic) bond motifs is 2. The lowest BCUT2D eigenvalue weighted by atomic mass is 10.2. The van der Waals surface area contributed by atoms with Gasteiger partial charge in [0.1, 0.15) is 5.82 Å². The molecule has 0 spiro atoms. The van der Waals surface area contributed by atoms with E-state index < -0.39 is 0 Å². The Kier molecular flexibility index (Phi) is 3.83. The molecule has 0 amide bonds. The SMILES string of the molecule is OCCn1cc(Nc2cc3c(cn2)cnn3-c2ccnc3c2CCC3)cn1. The minimum Gasteiger partial charge on any atom is -0.394 e. The molecule has 0 radical (unpaired) electrons. The lowest BCUT2D eigenvalue weighted by Gasteiger charge is -2.10. The molecule has 0 fully saturated rings. The van der Waals surface area contributed by atoms with Crippen molar-refractivity contribution in [1.29, 1.82) is 0 Å². The number of rotatable bonds is 5. The summed E-state index contributed by atoms with van der Waals surface area (Å²) in [7, 11) is 0. The van der Waals surface area contributed by atoms with Gasteiger partial charge in [0.05, 0.1) is 42.4 Å². The average molecular weight is 361 g/mol. The zero-order chi connectivity index (χ0) is 18.2. The van der Waals surface area contributed by atoms with Gasteiger partial charge in [0, 0.05) is 35.7 Å². The quantitative estimate of drug-likeness (QED) is 0.566. The molecule has 5 rings (SSSR count). The van der Waals surface area contributed by atoms with Gasteiger partial charge in [0.15, 0.2) is 0 Å². The molecule has 1 aliphatic rings. The summed E-state index contributed by atoms with van der Waals surface area (Å²) in [6.45, 7) is 0.523. The Morgan fingerprint density at radius 1 is 1.11 bits per heavy atom. The zero-order valence-electron chi connectivity index (χ0n) is 14.7. The van der Waals surface area contributed by atoms with E-state index in [2.05, 4.69) is 25.5 Å². The molecule has 0 aliphatic heterocycles. The van der Waals surface area contributed by atoms with Crippen molar-refractivity contribution in [3.8, 4) is 5.69 Å². The molecule has 136 valence electrons. The van der Waals surface area contributed by atoms with Gasteiger partial charge >= 0.3 is 0 Å². The van der Waals surface area contributed by atoms with Crippen molar-refractivity contribution in [2.45, 2.75) is 25.8 Å². The first-order chi connectivity index (χ1) is 13.3. The molecule has 8 nitrogen and oxygen atoms in total. The summed E-state index contributed by atoms with van der Waals surface area (Å²) in [6, 6.07) is 4.02. The predicted octanol–water partition coefficient (Wildman–Crippen LogP) is 2.24. The van der Waals surface area contributed by atoms with Crippen molar-refractivity contribution >= 4 is 22.4 Å². The molecule has 0 saturated carbocycles. The third kappa shape index (κ3) is 2.83. The maximum absolute atomic E-state index is 9.01. The summed E-state index contributed by atoms with van der Waals surface area (Å²) in [5.41, 5.74) is 5.39. The summed E-state index contributed by atoms with van der Waals surface area (Å²) in [6.07, 6.45) is 12.3. The molecule has 0 aromatic carbocycles. The van der Waals surface area contributed by atoms with E-state index in [-0.39, 0.29) is 6.61 Å². The zero-order valence-corrected chi connectivity index (χ0v) is 14.7. The summed E-state index contributed by atoms with van der Waals surface area (Å²) in [4.78, 5) is 8.98. The first-order valence-electron chi connectivity index (χ1n) is 9.03. The molecule has 2 N–H and O–H groups in total. The van der Waals surface area contributed by atoms with Crippen LogP contribution in [0, 0.1) is 0 Å². The summed E-state index contributed by atoms with van der Waals surface area (Å²) >= 11 is 0. The van der Waals surface area contributed by atoms with Crippen molar-refractivity contribution in [3.05, 3.63) is 54.4 Å². The van der Waals surface area contributed by atoms with E-state index in [1.54, 1.807) is 10.9 Å². The van der Waals surface area contributed by atoms with Crippen LogP contribution in [0.5, 0.6) is 0 Å². The van der Waals surface area contributed by atoms with Crippen LogP contribution in [0.1, 0.15) is 17.7 Å². The van der Waals surface area contributed by atoms with Crippen molar-refractivity contribution < 1.29 is 5.11 Å². The van der Waals surface area contributed by atoms with Crippen LogP contribution in [0.3, 0.4) is 0 Å². The number of nitrogens with one attached hydrogen (secondary N) is 1. The minimum atomic E-state index is 0.0563. The highest BCUT2D eigenvalue weighted by Crippen LogP contribution is 2.29. The summed E-state index contributed by atoms with van der Waals surface area (Å²) in [5.74, 6) is 0.721. The Balaban J connectivity index is 1.52. The van der Waals surface area contributed by atoms with Gasteiger partial charge in [-0.15, -0.1) is 0 Å². The number of aliphatic hydroxyl groups is 1. The molecular formula is C19H19N7O. The van der Waals surface area contributed by atoms with E-state index in [9.17, 15) is 0 Å². The molecule has 0 atom stereocenters. The molecule has 4 aromatic heterocycles. The second-order valence-corrected chi connectivity index (χ2v) is 6.63. The fraction of sp³-hybridized carbons (Fsp3) is 0.263. The van der Waals surface area contributed by atoms with E-state index in [1.165, 1.54) is 11.3 Å². The van der Waals surface area contributed by atoms with E-state index in [0.717, 1.165) is 47.4 Å². The monoisotopic (exact) mass is 361 g/mol. The van der Waals surface area contributed by atoms with Gasteiger partial charge in [-0.05, 0) is 30.9 Å². The average Bonchev–Trinajstić information content (AvgIpc) is 3.41. The first kappa shape index (κ1) is 16.0. The molecular weight excluding hydrogens is 342 g/mol. The van der Waals surface area contributed by atoms with Crippen LogP contribution in [-0.4, -0.2) is 41.2 Å². The van der Waals surface area contributed by atoms with Gasteiger partial charge in [0.25, 0.3) is 0 Å². The van der Waals surface area contributed by atoms with Crippen molar-refractivity contribution in [2.24, 2.45) is 0 Å². The minimum absolute atomic E-state index is 0.0563. The highest BCUT2D eigenvalue weighted by atomic mass is 16.3. The predicted molar refractivity (Wildman–Crippen MR) is 101 cm³/mol. The number of aliphatic hydroxyl groups excluding tert-OH is 1. The Morgan fingerprint density at radius 3 is 3.00 bits per heavy atom. The standard InChI is InChI=1S/C19H19N7O/c27-7-6-25-12-14(11-22-25)24-19-8-18-13(9-21-19)10-23-26(18)17-4-5-20-16-3-1-2-15(16)17/h4-5,8-12,27H,1-3,6-7H2,(H,21,24). The lowest BCUT2D eigenvalue weighted by Crippen LogP contribution is -2.03. The highest BCUT2D eigenvalue weighted by Gasteiger charge is 2.18. The van der Waals surface area contributed by atoms with Crippen LogP contribution in [0.15, 0.2) is 43.1 Å². The van der Waals surface area contributed by atoms with Gasteiger partial charge in [-0.3, -0.25) is 9.67 Å². The molecule has 4 aromatic rings. The largest absolute Gasteiger partial charge is 0.394 e. The maximum atomic E-state index is 9.01. The number of anilines is 2. The molecule has 0 bridgehead atoms. The summed E-state index contributed by atoms with van der Waals surface area (Å²) < 4.78 is 3.66. The molecule has 8 heteroatoms. The third-order valence-electron chi connectivity index (χ3n) is 4.88. The smallest absolute Gasteiger partial charge is 0.132 e. The number of aromatic nitrogens is 6. The highest BCUT2D eigenvalue weighted by molar-refractivity contribution is 5.82. The van der Waals surface area contributed by atoms with E-state index in [0.29, 0.717) is 6.54 Å². The Hall–Kier alpha value is -3.26. The maximum Gasteiger partial charge on any atom is 0.132 e. The Morgan fingerprint density at radius 2 is 2.07 bits per heavy atom. The lowest BCUT2D eigenvalue weighted by molar-refractivity contribution is 0.269. The van der Waals surface area contributed by atoms with Crippen LogP contribution in [-0.2, 0) is 19.4 Å². The van der Waals surface area contributed by atoms with Crippen LogP contribution in [0.4, 0.5) is 11.5 Å². The van der Waals surface area contributed by atoms with Crippen molar-refractivity contribution in [2.75, 3.05) is 11.9 Å².